The van der Waals surface area contributed by atoms with Crippen LogP contribution in [0.4, 0.5) is 0 Å². The fourth-order valence-corrected chi connectivity index (χ4v) is 2.88. The van der Waals surface area contributed by atoms with Crippen molar-refractivity contribution < 1.29 is 13.2 Å². The van der Waals surface area contributed by atoms with Crippen molar-refractivity contribution in [3.63, 3.8) is 0 Å². The van der Waals surface area contributed by atoms with E-state index >= 15 is 0 Å². The molecule has 0 radical (unpaired) electrons. The molecule has 7 heteroatoms. The SMILES string of the molecule is CS(=O)(=O)c1ccc(C(=O)N2CCNCC2CN)cc1. The number of piperazine rings is 1. The van der Waals surface area contributed by atoms with Gasteiger partial charge in [-0.3, -0.25) is 4.79 Å². The Hall–Kier alpha value is -1.44. The Labute approximate surface area is 118 Å². The van der Waals surface area contributed by atoms with E-state index in [0.717, 1.165) is 12.8 Å². The zero-order valence-electron chi connectivity index (χ0n) is 11.4. The second kappa shape index (κ2) is 5.90. The summed E-state index contributed by atoms with van der Waals surface area (Å²) in [4.78, 5) is 14.4. The van der Waals surface area contributed by atoms with Crippen molar-refractivity contribution in [3.05, 3.63) is 29.8 Å². The molecule has 0 aliphatic carbocycles. The summed E-state index contributed by atoms with van der Waals surface area (Å²) in [6, 6.07) is 6.00. The number of carbonyl (C=O) groups excluding carboxylic acids is 1. The van der Waals surface area contributed by atoms with E-state index in [4.69, 9.17) is 5.73 Å². The van der Waals surface area contributed by atoms with Crippen LogP contribution in [-0.2, 0) is 9.84 Å². The lowest BCUT2D eigenvalue weighted by atomic mass is 10.1. The summed E-state index contributed by atoms with van der Waals surface area (Å²) in [6.45, 7) is 2.43. The number of benzene rings is 1. The predicted octanol–water partition coefficient (Wildman–Crippen LogP) is -0.537. The van der Waals surface area contributed by atoms with E-state index in [-0.39, 0.29) is 16.8 Å². The maximum Gasteiger partial charge on any atom is 0.254 e. The highest BCUT2D eigenvalue weighted by atomic mass is 32.2. The highest BCUT2D eigenvalue weighted by Gasteiger charge is 2.26. The van der Waals surface area contributed by atoms with Crippen LogP contribution in [-0.4, -0.2) is 57.7 Å². The molecule has 1 unspecified atom stereocenters. The number of hydrogen-bond acceptors (Lipinski definition) is 5. The Morgan fingerprint density at radius 2 is 2.05 bits per heavy atom. The average molecular weight is 297 g/mol. The van der Waals surface area contributed by atoms with Crippen molar-refractivity contribution in [2.75, 3.05) is 32.4 Å². The van der Waals surface area contributed by atoms with Crippen molar-refractivity contribution in [2.45, 2.75) is 10.9 Å². The predicted molar refractivity (Wildman–Crippen MR) is 76.3 cm³/mol. The molecule has 0 aromatic heterocycles. The second-order valence-electron chi connectivity index (χ2n) is 4.89. The monoisotopic (exact) mass is 297 g/mol. The van der Waals surface area contributed by atoms with E-state index in [1.807, 2.05) is 0 Å². The highest BCUT2D eigenvalue weighted by Crippen LogP contribution is 2.14. The van der Waals surface area contributed by atoms with Gasteiger partial charge in [-0.15, -0.1) is 0 Å². The standard InChI is InChI=1S/C13H19N3O3S/c1-20(18,19)12-4-2-10(3-5-12)13(17)16-7-6-15-9-11(16)8-14/h2-5,11,15H,6-9,14H2,1H3. The minimum absolute atomic E-state index is 0.0224. The normalized spacial score (nSPS) is 19.9. The smallest absolute Gasteiger partial charge is 0.254 e. The van der Waals surface area contributed by atoms with Crippen LogP contribution in [0, 0.1) is 0 Å². The third-order valence-electron chi connectivity index (χ3n) is 3.41. The average Bonchev–Trinajstić information content (AvgIpc) is 2.45. The Balaban J connectivity index is 2.20. The van der Waals surface area contributed by atoms with Crippen LogP contribution < -0.4 is 11.1 Å². The molecule has 1 aliphatic heterocycles. The Bertz CT molecular complexity index is 583. The van der Waals surface area contributed by atoms with Crippen LogP contribution in [0.5, 0.6) is 0 Å². The Morgan fingerprint density at radius 3 is 2.60 bits per heavy atom. The molecule has 1 saturated heterocycles. The summed E-state index contributed by atoms with van der Waals surface area (Å²) in [7, 11) is -3.24. The maximum atomic E-state index is 12.4. The summed E-state index contributed by atoms with van der Waals surface area (Å²) < 4.78 is 22.8. The summed E-state index contributed by atoms with van der Waals surface area (Å²) in [5.74, 6) is -0.109. The van der Waals surface area contributed by atoms with Gasteiger partial charge in [0.25, 0.3) is 5.91 Å². The van der Waals surface area contributed by atoms with Crippen LogP contribution in [0.3, 0.4) is 0 Å². The molecule has 20 heavy (non-hydrogen) atoms. The van der Waals surface area contributed by atoms with E-state index < -0.39 is 9.84 Å². The van der Waals surface area contributed by atoms with Crippen LogP contribution in [0.1, 0.15) is 10.4 Å². The first-order chi connectivity index (χ1) is 9.43. The van der Waals surface area contributed by atoms with Crippen molar-refractivity contribution in [3.8, 4) is 0 Å². The van der Waals surface area contributed by atoms with Crippen LogP contribution in [0.2, 0.25) is 0 Å². The molecule has 1 amide bonds. The minimum atomic E-state index is -3.24. The molecule has 1 aromatic rings. The molecule has 1 atom stereocenters. The molecule has 1 heterocycles. The Kier molecular flexibility index (Phi) is 4.42. The molecule has 2 rings (SSSR count). The van der Waals surface area contributed by atoms with Gasteiger partial charge >= 0.3 is 0 Å². The van der Waals surface area contributed by atoms with Gasteiger partial charge in [-0.25, -0.2) is 8.42 Å². The van der Waals surface area contributed by atoms with Crippen LogP contribution >= 0.6 is 0 Å². The number of amides is 1. The third-order valence-corrected chi connectivity index (χ3v) is 4.54. The highest BCUT2D eigenvalue weighted by molar-refractivity contribution is 7.90. The minimum Gasteiger partial charge on any atom is -0.332 e. The summed E-state index contributed by atoms with van der Waals surface area (Å²) in [6.07, 6.45) is 1.14. The molecule has 1 aliphatic rings. The van der Waals surface area contributed by atoms with Gasteiger partial charge in [0.15, 0.2) is 9.84 Å². The van der Waals surface area contributed by atoms with Gasteiger partial charge in [0.2, 0.25) is 0 Å². The lowest BCUT2D eigenvalue weighted by molar-refractivity contribution is 0.0644. The third kappa shape index (κ3) is 3.17. The van der Waals surface area contributed by atoms with Gasteiger partial charge in [-0.05, 0) is 24.3 Å². The molecular formula is C13H19N3O3S. The van der Waals surface area contributed by atoms with Gasteiger partial charge in [-0.1, -0.05) is 0 Å². The van der Waals surface area contributed by atoms with Crippen LogP contribution in [0.25, 0.3) is 0 Å². The molecule has 3 N–H and O–H groups in total. The van der Waals surface area contributed by atoms with Crippen molar-refractivity contribution in [1.29, 1.82) is 0 Å². The van der Waals surface area contributed by atoms with E-state index in [0.29, 0.717) is 25.2 Å². The van der Waals surface area contributed by atoms with E-state index in [9.17, 15) is 13.2 Å². The quantitative estimate of drug-likeness (QED) is 0.782. The summed E-state index contributed by atoms with van der Waals surface area (Å²) in [5.41, 5.74) is 6.16. The molecule has 1 fully saturated rings. The van der Waals surface area contributed by atoms with Crippen molar-refractivity contribution in [2.24, 2.45) is 5.73 Å². The second-order valence-corrected chi connectivity index (χ2v) is 6.90. The molecule has 110 valence electrons. The number of rotatable bonds is 3. The lowest BCUT2D eigenvalue weighted by Crippen LogP contribution is -2.56. The van der Waals surface area contributed by atoms with Crippen molar-refractivity contribution >= 4 is 15.7 Å². The Morgan fingerprint density at radius 1 is 1.40 bits per heavy atom. The number of nitrogens with one attached hydrogen (secondary N) is 1. The van der Waals surface area contributed by atoms with Gasteiger partial charge < -0.3 is 16.0 Å². The molecule has 1 aromatic carbocycles. The number of carbonyl (C=O) groups is 1. The lowest BCUT2D eigenvalue weighted by Gasteiger charge is -2.35. The molecule has 6 nitrogen and oxygen atoms in total. The zero-order valence-corrected chi connectivity index (χ0v) is 12.2. The largest absolute Gasteiger partial charge is 0.332 e. The first kappa shape index (κ1) is 15.0. The molecule has 0 bridgehead atoms. The van der Waals surface area contributed by atoms with Crippen molar-refractivity contribution in [1.82, 2.24) is 10.2 Å². The first-order valence-corrected chi connectivity index (χ1v) is 8.34. The summed E-state index contributed by atoms with van der Waals surface area (Å²) in [5, 5.41) is 3.20. The topological polar surface area (TPSA) is 92.5 Å². The van der Waals surface area contributed by atoms with Gasteiger partial charge in [0, 0.05) is 38.0 Å². The van der Waals surface area contributed by atoms with Crippen LogP contribution in [0.15, 0.2) is 29.2 Å². The van der Waals surface area contributed by atoms with E-state index in [2.05, 4.69) is 5.32 Å². The van der Waals surface area contributed by atoms with Gasteiger partial charge in [0.05, 0.1) is 10.9 Å². The molecular weight excluding hydrogens is 278 g/mol. The van der Waals surface area contributed by atoms with E-state index in [1.54, 1.807) is 17.0 Å². The fourth-order valence-electron chi connectivity index (χ4n) is 2.25. The first-order valence-electron chi connectivity index (χ1n) is 6.45. The number of hydrogen-bond donors (Lipinski definition) is 2. The molecule has 0 spiro atoms. The van der Waals surface area contributed by atoms with E-state index in [1.165, 1.54) is 12.1 Å². The summed E-state index contributed by atoms with van der Waals surface area (Å²) >= 11 is 0. The van der Waals surface area contributed by atoms with Gasteiger partial charge in [0.1, 0.15) is 0 Å². The zero-order chi connectivity index (χ0) is 14.8. The molecule has 0 saturated carbocycles. The number of sulfone groups is 1. The fraction of sp³-hybridized carbons (Fsp3) is 0.462. The number of nitrogens with zero attached hydrogens (tertiary/aromatic N) is 1. The maximum absolute atomic E-state index is 12.4. The number of nitrogens with two attached hydrogens (primary N) is 1. The van der Waals surface area contributed by atoms with Gasteiger partial charge in [-0.2, -0.15) is 0 Å².